The van der Waals surface area contributed by atoms with E-state index in [0.29, 0.717) is 0 Å². The predicted octanol–water partition coefficient (Wildman–Crippen LogP) is 20.0. The molecule has 0 nitrogen and oxygen atoms in total. The molecule has 0 aromatic rings. The molecule has 0 spiro atoms. The Morgan fingerprint density at radius 3 is 0.400 bits per heavy atom. The first kappa shape index (κ1) is 50.1. The summed E-state index contributed by atoms with van der Waals surface area (Å²) in [5.41, 5.74) is 0. The Hall–Kier alpha value is -1.04. The third kappa shape index (κ3) is 37.0. The second-order valence-electron chi connectivity index (χ2n) is 18.6. The molecule has 55 heavy (non-hydrogen) atoms. The van der Waals surface area contributed by atoms with Crippen LogP contribution in [0.25, 0.3) is 0 Å². The molecule has 0 unspecified atom stereocenters. The van der Waals surface area contributed by atoms with E-state index in [1.807, 2.05) is 0 Å². The van der Waals surface area contributed by atoms with Crippen LogP contribution in [0.1, 0.15) is 289 Å². The lowest BCUT2D eigenvalue weighted by atomic mass is 10.0. The summed E-state index contributed by atoms with van der Waals surface area (Å²) in [5.74, 6) is 2.34. The van der Waals surface area contributed by atoms with E-state index in [2.05, 4.69) is 48.6 Å². The van der Waals surface area contributed by atoms with Crippen molar-refractivity contribution in [3.8, 4) is 0 Å². The maximum Gasteiger partial charge on any atom is -0.0351 e. The fourth-order valence-electron chi connectivity index (χ4n) is 9.46. The van der Waals surface area contributed by atoms with Crippen LogP contribution in [-0.4, -0.2) is 0 Å². The van der Waals surface area contributed by atoms with Crippen molar-refractivity contribution >= 4 is 0 Å². The molecule has 0 N–H and O–H groups in total. The Kier molecular flexibility index (Phi) is 38.8. The first-order valence-electron chi connectivity index (χ1n) is 26.0. The summed E-state index contributed by atoms with van der Waals surface area (Å²) in [7, 11) is 0. The molecule has 2 saturated carbocycles. The minimum atomic E-state index is 1.17. The Balaban J connectivity index is 0.000000239. The van der Waals surface area contributed by atoms with Crippen LogP contribution in [0.3, 0.4) is 0 Å². The van der Waals surface area contributed by atoms with Gasteiger partial charge < -0.3 is 0 Å². The molecule has 6 aliphatic rings. The third-order valence-corrected chi connectivity index (χ3v) is 13.3. The molecule has 0 heterocycles. The van der Waals surface area contributed by atoms with Crippen molar-refractivity contribution in [2.45, 2.75) is 289 Å². The zero-order chi connectivity index (χ0) is 38.6. The molecule has 0 aromatic carbocycles. The van der Waals surface area contributed by atoms with Gasteiger partial charge in [0.1, 0.15) is 0 Å². The minimum absolute atomic E-state index is 1.17. The van der Waals surface area contributed by atoms with Crippen molar-refractivity contribution in [1.29, 1.82) is 0 Å². The lowest BCUT2D eigenvalue weighted by Gasteiger charge is -2.05. The zero-order valence-corrected chi connectivity index (χ0v) is 37.6. The van der Waals surface area contributed by atoms with Gasteiger partial charge in [-0.1, -0.05) is 228 Å². The zero-order valence-electron chi connectivity index (χ0n) is 37.6. The minimum Gasteiger partial charge on any atom is -0.0885 e. The summed E-state index contributed by atoms with van der Waals surface area (Å²) in [6, 6.07) is 0. The highest BCUT2D eigenvalue weighted by Crippen LogP contribution is 2.43. The van der Waals surface area contributed by atoms with E-state index < -0.39 is 0 Å². The van der Waals surface area contributed by atoms with Crippen LogP contribution in [0.15, 0.2) is 48.6 Å². The van der Waals surface area contributed by atoms with Gasteiger partial charge in [0.25, 0.3) is 0 Å². The number of allylic oxidation sites excluding steroid dienone is 8. The van der Waals surface area contributed by atoms with Gasteiger partial charge in [-0.3, -0.25) is 0 Å². The van der Waals surface area contributed by atoms with Crippen molar-refractivity contribution in [1.82, 2.24) is 0 Å². The van der Waals surface area contributed by atoms with E-state index in [0.717, 1.165) is 0 Å². The highest BCUT2D eigenvalue weighted by molar-refractivity contribution is 4.84. The number of hydrogen-bond acceptors (Lipinski definition) is 0. The molecule has 0 radical (unpaired) electrons. The normalized spacial score (nSPS) is 25.9. The van der Waals surface area contributed by atoms with Crippen molar-refractivity contribution in [2.75, 3.05) is 0 Å². The molecule has 320 valence electrons. The van der Waals surface area contributed by atoms with Gasteiger partial charge in [-0.05, 0) is 121 Å². The van der Waals surface area contributed by atoms with Crippen LogP contribution >= 0.6 is 0 Å². The van der Waals surface area contributed by atoms with E-state index >= 15 is 0 Å². The molecular formula is C55H100. The van der Waals surface area contributed by atoms with Crippen LogP contribution in [0, 0.1) is 11.8 Å². The molecule has 0 saturated heterocycles. The van der Waals surface area contributed by atoms with E-state index in [9.17, 15) is 0 Å². The van der Waals surface area contributed by atoms with Gasteiger partial charge in [0.2, 0.25) is 0 Å². The smallest absolute Gasteiger partial charge is 0.0351 e. The van der Waals surface area contributed by atoms with Gasteiger partial charge in [0, 0.05) is 0 Å². The maximum atomic E-state index is 2.38. The lowest BCUT2D eigenvalue weighted by Crippen LogP contribution is -1.90. The second-order valence-corrected chi connectivity index (χ2v) is 18.6. The Labute approximate surface area is 348 Å². The summed E-state index contributed by atoms with van der Waals surface area (Å²) in [4.78, 5) is 0. The fraction of sp³-hybridized carbons (Fsp3) is 0.855. The summed E-state index contributed by atoms with van der Waals surface area (Å²) in [6.45, 7) is 0. The number of fused-ring (bicyclic) bond motifs is 2. The fourth-order valence-corrected chi connectivity index (χ4v) is 9.46. The summed E-state index contributed by atoms with van der Waals surface area (Å²) < 4.78 is 0. The van der Waals surface area contributed by atoms with Gasteiger partial charge in [-0.15, -0.1) is 0 Å². The average Bonchev–Trinajstić information content (AvgIpc) is 3.84. The SMILES string of the molecule is C1=CCCCCCCCCCC1.C1=CCCCCCCCCCC1.C1=CCCCCCCCCCC1.C1=CCCCCCCCCCC1.C1CC2CCC1C2. The number of hydrogen-bond donors (Lipinski definition) is 0. The van der Waals surface area contributed by atoms with Crippen LogP contribution in [0.4, 0.5) is 0 Å². The monoisotopic (exact) mass is 761 g/mol. The Bertz CT molecular complexity index is 663. The summed E-state index contributed by atoms with van der Waals surface area (Å²) >= 11 is 0. The summed E-state index contributed by atoms with van der Waals surface area (Å²) in [6.07, 6.45) is 83.8. The van der Waals surface area contributed by atoms with Gasteiger partial charge in [-0.2, -0.15) is 0 Å². The number of rotatable bonds is 0. The quantitative estimate of drug-likeness (QED) is 0.216. The van der Waals surface area contributed by atoms with Crippen molar-refractivity contribution in [3.05, 3.63) is 48.6 Å². The Morgan fingerprint density at radius 1 is 0.164 bits per heavy atom. The van der Waals surface area contributed by atoms with Crippen LogP contribution in [0.2, 0.25) is 0 Å². The van der Waals surface area contributed by atoms with E-state index in [1.165, 1.54) is 269 Å². The van der Waals surface area contributed by atoms with Gasteiger partial charge in [0.15, 0.2) is 0 Å². The van der Waals surface area contributed by atoms with E-state index in [1.54, 1.807) is 32.1 Å². The Morgan fingerprint density at radius 2 is 0.291 bits per heavy atom. The standard InChI is InChI=1S/4C12H22.C7H12/c4*1-2-4-6-8-10-12-11-9-7-5-3-1;1-2-7-4-3-6(1)5-7/h4*1-2H,3-12H2;6-7H,1-5H2. The van der Waals surface area contributed by atoms with Crippen LogP contribution in [0.5, 0.6) is 0 Å². The molecule has 2 fully saturated rings. The molecule has 0 aliphatic heterocycles. The first-order chi connectivity index (χ1) is 27.4. The van der Waals surface area contributed by atoms with Crippen molar-refractivity contribution < 1.29 is 0 Å². The third-order valence-electron chi connectivity index (χ3n) is 13.3. The molecule has 0 aromatic heterocycles. The lowest BCUT2D eigenvalue weighted by molar-refractivity contribution is 0.480. The topological polar surface area (TPSA) is 0 Å². The van der Waals surface area contributed by atoms with Gasteiger partial charge in [-0.25, -0.2) is 0 Å². The molecule has 0 atom stereocenters. The molecule has 0 heteroatoms. The van der Waals surface area contributed by atoms with Gasteiger partial charge >= 0.3 is 0 Å². The highest BCUT2D eigenvalue weighted by Gasteiger charge is 2.30. The van der Waals surface area contributed by atoms with Crippen LogP contribution in [-0.2, 0) is 0 Å². The molecule has 6 aliphatic carbocycles. The molecule has 2 bridgehead atoms. The highest BCUT2D eigenvalue weighted by atomic mass is 14.4. The first-order valence-corrected chi connectivity index (χ1v) is 26.0. The van der Waals surface area contributed by atoms with Gasteiger partial charge in [0.05, 0.1) is 0 Å². The van der Waals surface area contributed by atoms with E-state index in [4.69, 9.17) is 0 Å². The van der Waals surface area contributed by atoms with Crippen molar-refractivity contribution in [2.24, 2.45) is 11.8 Å². The largest absolute Gasteiger partial charge is 0.0885 e. The summed E-state index contributed by atoms with van der Waals surface area (Å²) in [5, 5.41) is 0. The van der Waals surface area contributed by atoms with Crippen molar-refractivity contribution in [3.63, 3.8) is 0 Å². The van der Waals surface area contributed by atoms with E-state index in [-0.39, 0.29) is 0 Å². The maximum absolute atomic E-state index is 2.38. The molecule has 0 amide bonds. The predicted molar refractivity (Wildman–Crippen MR) is 251 cm³/mol. The van der Waals surface area contributed by atoms with Crippen LogP contribution < -0.4 is 0 Å². The molecule has 6 rings (SSSR count). The second kappa shape index (κ2) is 42.6. The average molecular weight is 761 g/mol. The molecular weight excluding hydrogens is 661 g/mol.